The van der Waals surface area contributed by atoms with Gasteiger partial charge in [-0.1, -0.05) is 18.2 Å². The van der Waals surface area contributed by atoms with Crippen molar-refractivity contribution in [2.75, 3.05) is 25.5 Å². The Labute approximate surface area is 121 Å². The molecule has 4 nitrogen and oxygen atoms in total. The number of likely N-dealkylation sites (tertiary alicyclic amines) is 1. The Balaban J connectivity index is 2.01. The Morgan fingerprint density at radius 3 is 2.80 bits per heavy atom. The van der Waals surface area contributed by atoms with Gasteiger partial charge in [-0.25, -0.2) is 0 Å². The maximum Gasteiger partial charge on any atom is 0.224 e. The van der Waals surface area contributed by atoms with Gasteiger partial charge in [0, 0.05) is 37.9 Å². The predicted molar refractivity (Wildman–Crippen MR) is 82.9 cm³/mol. The molecule has 20 heavy (non-hydrogen) atoms. The highest BCUT2D eigenvalue weighted by Gasteiger charge is 2.24. The van der Waals surface area contributed by atoms with E-state index < -0.39 is 0 Å². The van der Waals surface area contributed by atoms with Crippen LogP contribution in [-0.4, -0.2) is 43.0 Å². The number of hydrogen-bond donors (Lipinski definition) is 2. The fourth-order valence-electron chi connectivity index (χ4n) is 2.67. The molecule has 110 valence electrons. The number of hydrogen-bond acceptors (Lipinski definition) is 3. The van der Waals surface area contributed by atoms with E-state index in [1.54, 1.807) is 7.05 Å². The molecule has 1 aliphatic rings. The highest BCUT2D eigenvalue weighted by atomic mass is 16.1. The SMILES string of the molecule is CNC(=O)Cc1ccccc1NC1CCN(C(C)C)C1. The summed E-state index contributed by atoms with van der Waals surface area (Å²) in [5, 5.41) is 6.28. The van der Waals surface area contributed by atoms with Gasteiger partial charge in [-0.3, -0.25) is 9.69 Å². The molecule has 0 aromatic heterocycles. The van der Waals surface area contributed by atoms with E-state index in [0.717, 1.165) is 30.8 Å². The summed E-state index contributed by atoms with van der Waals surface area (Å²) in [6.07, 6.45) is 1.59. The number of carbonyl (C=O) groups excluding carboxylic acids is 1. The molecular weight excluding hydrogens is 250 g/mol. The third kappa shape index (κ3) is 3.73. The van der Waals surface area contributed by atoms with Crippen LogP contribution in [0.3, 0.4) is 0 Å². The number of nitrogens with zero attached hydrogens (tertiary/aromatic N) is 1. The summed E-state index contributed by atoms with van der Waals surface area (Å²) in [6, 6.07) is 9.16. The van der Waals surface area contributed by atoms with Gasteiger partial charge in [0.1, 0.15) is 0 Å². The first-order valence-corrected chi connectivity index (χ1v) is 7.39. The topological polar surface area (TPSA) is 44.4 Å². The number of carbonyl (C=O) groups is 1. The maximum absolute atomic E-state index is 11.6. The first kappa shape index (κ1) is 14.9. The molecule has 1 unspecified atom stereocenters. The number of nitrogens with one attached hydrogen (secondary N) is 2. The fourth-order valence-corrected chi connectivity index (χ4v) is 2.67. The summed E-state index contributed by atoms with van der Waals surface area (Å²) in [5.41, 5.74) is 2.15. The number of benzene rings is 1. The summed E-state index contributed by atoms with van der Waals surface area (Å²) in [5.74, 6) is 0.0504. The van der Waals surface area contributed by atoms with Crippen molar-refractivity contribution in [3.05, 3.63) is 29.8 Å². The quantitative estimate of drug-likeness (QED) is 0.862. The molecule has 1 aliphatic heterocycles. The Hall–Kier alpha value is -1.55. The van der Waals surface area contributed by atoms with Gasteiger partial charge in [-0.05, 0) is 31.9 Å². The van der Waals surface area contributed by atoms with E-state index in [1.807, 2.05) is 18.2 Å². The van der Waals surface area contributed by atoms with Crippen LogP contribution in [0.2, 0.25) is 0 Å². The molecule has 1 aromatic rings. The fraction of sp³-hybridized carbons (Fsp3) is 0.562. The van der Waals surface area contributed by atoms with E-state index in [2.05, 4.69) is 35.4 Å². The molecule has 0 bridgehead atoms. The molecule has 1 heterocycles. The third-order valence-electron chi connectivity index (χ3n) is 3.96. The number of likely N-dealkylation sites (N-methyl/N-ethyl adjacent to an activating group) is 1. The average molecular weight is 275 g/mol. The van der Waals surface area contributed by atoms with E-state index in [-0.39, 0.29) is 5.91 Å². The Kier molecular flexibility index (Phi) is 5.01. The first-order chi connectivity index (χ1) is 9.60. The summed E-state index contributed by atoms with van der Waals surface area (Å²) in [4.78, 5) is 14.1. The second-order valence-electron chi connectivity index (χ2n) is 5.73. The molecule has 1 aromatic carbocycles. The van der Waals surface area contributed by atoms with Gasteiger partial charge < -0.3 is 10.6 Å². The molecule has 0 saturated carbocycles. The monoisotopic (exact) mass is 275 g/mol. The number of amides is 1. The zero-order valence-electron chi connectivity index (χ0n) is 12.6. The van der Waals surface area contributed by atoms with Crippen LogP contribution in [-0.2, 0) is 11.2 Å². The molecule has 1 atom stereocenters. The Morgan fingerprint density at radius 2 is 2.15 bits per heavy atom. The Bertz CT molecular complexity index is 459. The van der Waals surface area contributed by atoms with Gasteiger partial charge in [0.15, 0.2) is 0 Å². The summed E-state index contributed by atoms with van der Waals surface area (Å²) in [6.45, 7) is 6.70. The Morgan fingerprint density at radius 1 is 1.40 bits per heavy atom. The normalized spacial score (nSPS) is 19.3. The van der Waals surface area contributed by atoms with Crippen molar-refractivity contribution in [3.63, 3.8) is 0 Å². The maximum atomic E-state index is 11.6. The second-order valence-corrected chi connectivity index (χ2v) is 5.73. The molecule has 1 amide bonds. The van der Waals surface area contributed by atoms with Crippen LogP contribution >= 0.6 is 0 Å². The standard InChI is InChI=1S/C16H25N3O/c1-12(2)19-9-8-14(11-19)18-15-7-5-4-6-13(15)10-16(20)17-3/h4-7,12,14,18H,8-11H2,1-3H3,(H,17,20). The molecule has 1 fully saturated rings. The second kappa shape index (κ2) is 6.75. The van der Waals surface area contributed by atoms with Crippen LogP contribution in [0.4, 0.5) is 5.69 Å². The molecule has 1 saturated heterocycles. The van der Waals surface area contributed by atoms with Crippen molar-refractivity contribution in [1.29, 1.82) is 0 Å². The van der Waals surface area contributed by atoms with E-state index in [9.17, 15) is 4.79 Å². The minimum atomic E-state index is 0.0504. The third-order valence-corrected chi connectivity index (χ3v) is 3.96. The number of para-hydroxylation sites is 1. The average Bonchev–Trinajstić information content (AvgIpc) is 2.89. The van der Waals surface area contributed by atoms with Crippen molar-refractivity contribution in [3.8, 4) is 0 Å². The lowest BCUT2D eigenvalue weighted by Crippen LogP contribution is -2.31. The molecule has 2 N–H and O–H groups in total. The van der Waals surface area contributed by atoms with Gasteiger partial charge >= 0.3 is 0 Å². The van der Waals surface area contributed by atoms with Crippen LogP contribution in [0, 0.1) is 0 Å². The highest BCUT2D eigenvalue weighted by molar-refractivity contribution is 5.80. The van der Waals surface area contributed by atoms with Crippen molar-refractivity contribution in [1.82, 2.24) is 10.2 Å². The first-order valence-electron chi connectivity index (χ1n) is 7.39. The minimum Gasteiger partial charge on any atom is -0.381 e. The van der Waals surface area contributed by atoms with Gasteiger partial charge in [-0.15, -0.1) is 0 Å². The molecule has 2 rings (SSSR count). The largest absolute Gasteiger partial charge is 0.381 e. The van der Waals surface area contributed by atoms with E-state index in [0.29, 0.717) is 18.5 Å². The lowest BCUT2D eigenvalue weighted by molar-refractivity contribution is -0.119. The summed E-state index contributed by atoms with van der Waals surface area (Å²) < 4.78 is 0. The van der Waals surface area contributed by atoms with Crippen LogP contribution in [0.25, 0.3) is 0 Å². The van der Waals surface area contributed by atoms with Crippen LogP contribution in [0.15, 0.2) is 24.3 Å². The smallest absolute Gasteiger partial charge is 0.224 e. The van der Waals surface area contributed by atoms with Crippen molar-refractivity contribution < 1.29 is 4.79 Å². The zero-order chi connectivity index (χ0) is 14.5. The predicted octanol–water partition coefficient (Wildman–Crippen LogP) is 1.87. The highest BCUT2D eigenvalue weighted by Crippen LogP contribution is 2.21. The molecule has 0 aliphatic carbocycles. The van der Waals surface area contributed by atoms with Gasteiger partial charge in [-0.2, -0.15) is 0 Å². The van der Waals surface area contributed by atoms with Gasteiger partial charge in [0.05, 0.1) is 6.42 Å². The lowest BCUT2D eigenvalue weighted by Gasteiger charge is -2.21. The van der Waals surface area contributed by atoms with E-state index >= 15 is 0 Å². The van der Waals surface area contributed by atoms with Crippen molar-refractivity contribution in [2.45, 2.75) is 38.8 Å². The summed E-state index contributed by atoms with van der Waals surface area (Å²) >= 11 is 0. The molecular formula is C16H25N3O. The molecule has 0 spiro atoms. The molecule has 0 radical (unpaired) electrons. The lowest BCUT2D eigenvalue weighted by atomic mass is 10.1. The van der Waals surface area contributed by atoms with Gasteiger partial charge in [0.2, 0.25) is 5.91 Å². The van der Waals surface area contributed by atoms with Crippen molar-refractivity contribution in [2.24, 2.45) is 0 Å². The van der Waals surface area contributed by atoms with E-state index in [1.165, 1.54) is 0 Å². The van der Waals surface area contributed by atoms with Crippen LogP contribution in [0.1, 0.15) is 25.8 Å². The summed E-state index contributed by atoms with van der Waals surface area (Å²) in [7, 11) is 1.68. The van der Waals surface area contributed by atoms with Crippen LogP contribution in [0.5, 0.6) is 0 Å². The van der Waals surface area contributed by atoms with Crippen LogP contribution < -0.4 is 10.6 Å². The van der Waals surface area contributed by atoms with Crippen molar-refractivity contribution >= 4 is 11.6 Å². The minimum absolute atomic E-state index is 0.0504. The number of rotatable bonds is 5. The van der Waals surface area contributed by atoms with E-state index in [4.69, 9.17) is 0 Å². The number of anilines is 1. The van der Waals surface area contributed by atoms with Gasteiger partial charge in [0.25, 0.3) is 0 Å². The zero-order valence-corrected chi connectivity index (χ0v) is 12.6. The molecule has 4 heteroatoms.